The third kappa shape index (κ3) is 8.68. The van der Waals surface area contributed by atoms with E-state index >= 15 is 0 Å². The number of halogens is 1. The first-order chi connectivity index (χ1) is 23.5. The fourth-order valence-electron chi connectivity index (χ4n) is 8.34. The molecule has 0 aromatic heterocycles. The molecule has 1 heterocycles. The van der Waals surface area contributed by atoms with Crippen LogP contribution in [-0.2, 0) is 21.9 Å². The number of carbonyl (C=O) groups is 1. The van der Waals surface area contributed by atoms with Crippen molar-refractivity contribution in [2.24, 2.45) is 17.8 Å². The Kier molecular flexibility index (Phi) is 12.8. The van der Waals surface area contributed by atoms with Crippen molar-refractivity contribution in [2.45, 2.75) is 122 Å². The number of benzene rings is 2. The summed E-state index contributed by atoms with van der Waals surface area (Å²) >= 11 is 6.44. The van der Waals surface area contributed by atoms with Crippen molar-refractivity contribution in [1.82, 2.24) is 4.72 Å². The number of unbranched alkanes of at least 4 members (excludes halogenated alkanes) is 2. The molecule has 7 nitrogen and oxygen atoms in total. The van der Waals surface area contributed by atoms with Crippen molar-refractivity contribution in [3.05, 3.63) is 70.3 Å². The molecule has 0 unspecified atom stereocenters. The molecule has 1 aliphatic heterocycles. The van der Waals surface area contributed by atoms with Gasteiger partial charge in [-0.2, -0.15) is 0 Å². The van der Waals surface area contributed by atoms with E-state index in [-0.39, 0.29) is 23.2 Å². The van der Waals surface area contributed by atoms with Gasteiger partial charge in [0, 0.05) is 29.1 Å². The highest BCUT2D eigenvalue weighted by Gasteiger charge is 2.44. The molecule has 2 aromatic carbocycles. The summed E-state index contributed by atoms with van der Waals surface area (Å²) in [5.74, 6) is 0.506. The molecular formula is C40H57ClN2O5S. The van der Waals surface area contributed by atoms with Gasteiger partial charge in [-0.1, -0.05) is 76.3 Å². The van der Waals surface area contributed by atoms with Crippen LogP contribution in [0.25, 0.3) is 0 Å². The predicted molar refractivity (Wildman–Crippen MR) is 200 cm³/mol. The van der Waals surface area contributed by atoms with Gasteiger partial charge in [-0.3, -0.25) is 4.79 Å². The Morgan fingerprint density at radius 3 is 2.65 bits per heavy atom. The van der Waals surface area contributed by atoms with Crippen molar-refractivity contribution in [2.75, 3.05) is 24.6 Å². The van der Waals surface area contributed by atoms with Gasteiger partial charge >= 0.3 is 0 Å². The summed E-state index contributed by atoms with van der Waals surface area (Å²) in [6, 6.07) is 11.5. The van der Waals surface area contributed by atoms with Gasteiger partial charge in [0.15, 0.2) is 0 Å². The van der Waals surface area contributed by atoms with Crippen molar-refractivity contribution < 1.29 is 23.1 Å². The van der Waals surface area contributed by atoms with Crippen LogP contribution in [0.3, 0.4) is 0 Å². The number of aliphatic hydroxyl groups excluding tert-OH is 1. The highest BCUT2D eigenvalue weighted by atomic mass is 35.5. The van der Waals surface area contributed by atoms with Gasteiger partial charge in [0.1, 0.15) is 5.75 Å². The van der Waals surface area contributed by atoms with Crippen molar-refractivity contribution in [1.29, 1.82) is 0 Å². The fraction of sp³-hybridized carbons (Fsp3) is 0.625. The van der Waals surface area contributed by atoms with E-state index in [9.17, 15) is 18.3 Å². The minimum atomic E-state index is -3.89. The quantitative estimate of drug-likeness (QED) is 0.180. The molecule has 1 spiro atoms. The van der Waals surface area contributed by atoms with E-state index in [2.05, 4.69) is 48.6 Å². The largest absolute Gasteiger partial charge is 0.490 e. The number of carbonyl (C=O) groups excluding carboxylic acids is 1. The summed E-state index contributed by atoms with van der Waals surface area (Å²) < 4.78 is 36.1. The van der Waals surface area contributed by atoms with E-state index in [0.29, 0.717) is 31.0 Å². The third-order valence-electron chi connectivity index (χ3n) is 11.4. The number of aryl methyl sites for hydroxylation is 1. The number of amides is 1. The second kappa shape index (κ2) is 16.6. The molecule has 0 radical (unpaired) electrons. The first-order valence-electron chi connectivity index (χ1n) is 18.7. The Bertz CT molecular complexity index is 1580. The Morgan fingerprint density at radius 1 is 1.12 bits per heavy atom. The third-order valence-corrected chi connectivity index (χ3v) is 13.5. The van der Waals surface area contributed by atoms with Gasteiger partial charge in [-0.25, -0.2) is 13.1 Å². The summed E-state index contributed by atoms with van der Waals surface area (Å²) in [4.78, 5) is 16.0. The number of hydrogen-bond acceptors (Lipinski definition) is 6. The number of sulfonamides is 1. The summed E-state index contributed by atoms with van der Waals surface area (Å²) in [5.41, 5.74) is 3.33. The number of ether oxygens (including phenoxy) is 1. The Hall–Kier alpha value is -2.55. The van der Waals surface area contributed by atoms with E-state index < -0.39 is 27.3 Å². The van der Waals surface area contributed by atoms with Crippen molar-refractivity contribution >= 4 is 33.2 Å². The van der Waals surface area contributed by atoms with Gasteiger partial charge in [-0.05, 0) is 118 Å². The highest BCUT2D eigenvalue weighted by Crippen LogP contribution is 2.46. The number of fused-ring (bicyclic) bond motifs is 3. The molecule has 0 bridgehead atoms. The standard InChI is InChI=1S/C40H57ClN2O5S/c1-5-8-10-15-37(44)34-19-16-32(34)25-43-26-40(22-11-14-30-23-33(41)18-20-35(30)40)27-48-38-21-17-31(24-36(38)43)39(45)42-49(46,47)28(4)29(12-7-3)13-9-6-2/h10,15,17-18,20-21,23-24,28-29,32,34,37,44H,5-9,11-14,16,19,22,25-27H2,1-4H3,(H,42,45)/b15-10+/t28-,29-,32-,34+,37-,40-/m0/s1. The number of nitrogens with one attached hydrogen (secondary N) is 1. The number of nitrogens with zero attached hydrogens (tertiary/aromatic N) is 1. The number of anilines is 1. The molecule has 2 N–H and O–H groups in total. The predicted octanol–water partition coefficient (Wildman–Crippen LogP) is 8.61. The van der Waals surface area contributed by atoms with Crippen LogP contribution in [0.1, 0.15) is 120 Å². The van der Waals surface area contributed by atoms with Gasteiger partial charge in [-0.15, -0.1) is 0 Å². The van der Waals surface area contributed by atoms with E-state index in [0.717, 1.165) is 87.8 Å². The Balaban J connectivity index is 1.45. The van der Waals surface area contributed by atoms with Crippen LogP contribution in [0.15, 0.2) is 48.6 Å². The number of hydrogen-bond donors (Lipinski definition) is 2. The highest BCUT2D eigenvalue weighted by molar-refractivity contribution is 7.90. The number of aliphatic hydroxyl groups is 1. The molecule has 1 saturated carbocycles. The Morgan fingerprint density at radius 2 is 1.94 bits per heavy atom. The van der Waals surface area contributed by atoms with Gasteiger partial charge < -0.3 is 14.7 Å². The topological polar surface area (TPSA) is 95.9 Å². The average Bonchev–Trinajstić information content (AvgIpc) is 3.21. The molecular weight excluding hydrogens is 656 g/mol. The maximum absolute atomic E-state index is 13.7. The lowest BCUT2D eigenvalue weighted by atomic mass is 9.68. The second-order valence-corrected chi connectivity index (χ2v) is 17.3. The summed E-state index contributed by atoms with van der Waals surface area (Å²) in [7, 11) is -3.89. The van der Waals surface area contributed by atoms with E-state index in [1.165, 1.54) is 11.1 Å². The van der Waals surface area contributed by atoms with E-state index in [1.54, 1.807) is 19.1 Å². The minimum absolute atomic E-state index is 0.00165. The first kappa shape index (κ1) is 37.7. The molecule has 6 atom stereocenters. The van der Waals surface area contributed by atoms with Gasteiger partial charge in [0.25, 0.3) is 5.91 Å². The van der Waals surface area contributed by atoms with Crippen molar-refractivity contribution in [3.8, 4) is 5.75 Å². The molecule has 270 valence electrons. The smallest absolute Gasteiger partial charge is 0.264 e. The lowest BCUT2D eigenvalue weighted by molar-refractivity contribution is 0.0456. The zero-order valence-corrected chi connectivity index (χ0v) is 31.5. The number of allylic oxidation sites excluding steroid dienone is 1. The van der Waals surface area contributed by atoms with E-state index in [4.69, 9.17) is 16.3 Å². The maximum atomic E-state index is 13.7. The zero-order valence-electron chi connectivity index (χ0n) is 29.9. The van der Waals surface area contributed by atoms with Gasteiger partial charge in [0.2, 0.25) is 10.0 Å². The Labute approximate surface area is 299 Å². The zero-order chi connectivity index (χ0) is 35.2. The molecule has 1 amide bonds. The molecule has 9 heteroatoms. The average molecular weight is 713 g/mol. The van der Waals surface area contributed by atoms with Crippen LogP contribution in [0.2, 0.25) is 5.02 Å². The van der Waals surface area contributed by atoms with Crippen LogP contribution in [0, 0.1) is 17.8 Å². The minimum Gasteiger partial charge on any atom is -0.490 e. The lowest BCUT2D eigenvalue weighted by Crippen LogP contribution is -2.49. The summed E-state index contributed by atoms with van der Waals surface area (Å²) in [6.07, 6.45) is 15.0. The fourth-order valence-corrected chi connectivity index (χ4v) is 9.88. The molecule has 1 fully saturated rings. The molecule has 0 saturated heterocycles. The lowest BCUT2D eigenvalue weighted by Gasteiger charge is -2.45. The molecule has 49 heavy (non-hydrogen) atoms. The summed E-state index contributed by atoms with van der Waals surface area (Å²) in [5, 5.41) is 11.1. The SMILES string of the molecule is CCC/C=C/[C@H](O)[C@@H]1CC[C@H]1CN1C[C@@]2(CCCc3cc(Cl)ccc32)COc2ccc(C(=O)NS(=O)(=O)[C@@H](C)[C@@H](CCC)CCCC)cc21. The van der Waals surface area contributed by atoms with Crippen LogP contribution in [-0.4, -0.2) is 50.5 Å². The monoisotopic (exact) mass is 712 g/mol. The maximum Gasteiger partial charge on any atom is 0.264 e. The van der Waals surface area contributed by atoms with Crippen LogP contribution >= 0.6 is 11.6 Å². The molecule has 2 aromatic rings. The second-order valence-electron chi connectivity index (χ2n) is 14.9. The summed E-state index contributed by atoms with van der Waals surface area (Å²) in [6.45, 7) is 9.94. The first-order valence-corrected chi connectivity index (χ1v) is 20.7. The van der Waals surface area contributed by atoms with Crippen LogP contribution in [0.4, 0.5) is 5.69 Å². The van der Waals surface area contributed by atoms with Crippen molar-refractivity contribution in [3.63, 3.8) is 0 Å². The number of rotatable bonds is 15. The van der Waals surface area contributed by atoms with Crippen LogP contribution < -0.4 is 14.4 Å². The molecule has 5 rings (SSSR count). The van der Waals surface area contributed by atoms with E-state index in [1.807, 2.05) is 18.2 Å². The molecule has 3 aliphatic rings. The molecule has 2 aliphatic carbocycles. The van der Waals surface area contributed by atoms with Gasteiger partial charge in [0.05, 0.1) is 23.6 Å². The van der Waals surface area contributed by atoms with Crippen LogP contribution in [0.5, 0.6) is 5.75 Å². The normalized spacial score (nSPS) is 23.9.